The van der Waals surface area contributed by atoms with Crippen molar-refractivity contribution in [1.82, 2.24) is 40.6 Å². The monoisotopic (exact) mass is 703 g/mol. The third-order valence-corrected chi connectivity index (χ3v) is 13.0. The first-order chi connectivity index (χ1) is 24.9. The number of nitriles is 1. The van der Waals surface area contributed by atoms with E-state index in [1.54, 1.807) is 19.0 Å². The molecule has 3 aliphatic carbocycles. The molecule has 2 saturated carbocycles. The number of carbonyl (C=O) groups is 2. The Balaban J connectivity index is 1.33. The fourth-order valence-corrected chi connectivity index (χ4v) is 10.2. The third-order valence-electron chi connectivity index (χ3n) is 13.0. The smallest absolute Gasteiger partial charge is 0.253 e. The molecule has 0 radical (unpaired) electrons. The summed E-state index contributed by atoms with van der Waals surface area (Å²) < 4.78 is 0. The van der Waals surface area contributed by atoms with Crippen LogP contribution in [0.4, 0.5) is 0 Å². The number of aryl methyl sites for hydroxylation is 2. The summed E-state index contributed by atoms with van der Waals surface area (Å²) in [6.45, 7) is 8.87. The molecule has 3 fully saturated rings. The summed E-state index contributed by atoms with van der Waals surface area (Å²) in [6.07, 6.45) is 6.10. The Morgan fingerprint density at radius 2 is 1.87 bits per heavy atom. The fourth-order valence-electron chi connectivity index (χ4n) is 10.2. The molecule has 11 nitrogen and oxygen atoms in total. The average molecular weight is 704 g/mol. The van der Waals surface area contributed by atoms with Crippen molar-refractivity contribution in [2.75, 3.05) is 34.7 Å². The lowest BCUT2D eigenvalue weighted by molar-refractivity contribution is -0.131. The second-order valence-electron chi connectivity index (χ2n) is 16.3. The van der Waals surface area contributed by atoms with Gasteiger partial charge in [0.25, 0.3) is 5.91 Å². The topological polar surface area (TPSA) is 134 Å². The number of benzene rings is 2. The van der Waals surface area contributed by atoms with Gasteiger partial charge in [0.1, 0.15) is 6.04 Å². The van der Waals surface area contributed by atoms with Gasteiger partial charge in [-0.1, -0.05) is 54.6 Å². The van der Waals surface area contributed by atoms with Crippen LogP contribution in [-0.4, -0.2) is 94.0 Å². The lowest BCUT2D eigenvalue weighted by atomic mass is 9.56. The van der Waals surface area contributed by atoms with Gasteiger partial charge in [-0.25, -0.2) is 0 Å². The predicted octanol–water partition coefficient (Wildman–Crippen LogP) is 5.03. The number of nitrogens with one attached hydrogen (secondary N) is 2. The zero-order valence-electron chi connectivity index (χ0n) is 31.5. The number of H-pyrrole nitrogens is 1. The summed E-state index contributed by atoms with van der Waals surface area (Å²) in [7, 11) is 7.73. The minimum atomic E-state index is -0.682. The second kappa shape index (κ2) is 14.1. The molecule has 4 unspecified atom stereocenters. The maximum Gasteiger partial charge on any atom is 0.253 e. The molecular formula is C41H53N9O2. The number of likely N-dealkylation sites (tertiary alicyclic amines) is 1. The van der Waals surface area contributed by atoms with Crippen LogP contribution in [0.25, 0.3) is 0 Å². The normalized spacial score (nSPS) is 29.5. The van der Waals surface area contributed by atoms with E-state index in [-0.39, 0.29) is 42.4 Å². The lowest BCUT2D eigenvalue weighted by Crippen LogP contribution is -2.48. The van der Waals surface area contributed by atoms with Crippen molar-refractivity contribution in [2.45, 2.75) is 82.3 Å². The Hall–Kier alpha value is -4.56. The summed E-state index contributed by atoms with van der Waals surface area (Å²) in [5.74, 6) is 2.33. The van der Waals surface area contributed by atoms with Crippen LogP contribution in [0.2, 0.25) is 0 Å². The maximum atomic E-state index is 14.0. The first-order valence-corrected chi connectivity index (χ1v) is 18.9. The Labute approximate surface area is 307 Å². The van der Waals surface area contributed by atoms with Gasteiger partial charge in [-0.3, -0.25) is 9.59 Å². The van der Waals surface area contributed by atoms with Crippen molar-refractivity contribution >= 4 is 11.8 Å². The molecule has 0 bridgehead atoms. The predicted molar refractivity (Wildman–Crippen MR) is 199 cm³/mol. The number of tetrazole rings is 1. The molecule has 4 aliphatic rings. The number of rotatable bonds is 10. The van der Waals surface area contributed by atoms with Crippen LogP contribution < -0.4 is 5.32 Å². The molecule has 2 aromatic carbocycles. The second-order valence-corrected chi connectivity index (χ2v) is 16.3. The van der Waals surface area contributed by atoms with Crippen LogP contribution in [0.1, 0.15) is 89.9 Å². The summed E-state index contributed by atoms with van der Waals surface area (Å²) in [4.78, 5) is 32.9. The standard InChI is InChI=1S/C41H53N9O2/c1-24-8-10-27(11-9-24)36(43-23-37(51)50-32(22-42)20-33-25(2)38(33)50)21-41(40-44-46-47-45-40)34-16-14-28(26(3)48(4)5)18-29(34)12-13-30-19-31(15-17-35(30)41)39(52)49(6)7/h8-11,15,17,19,25,28-29,32-34,36,38,43H,3,12-14,16,18,20-21,23H2,1-2,4-7H3,(H,44,45,46,47)/t25-,28?,29-,32?,33+,34?,36+,38-,41?/m0/s1. The van der Waals surface area contributed by atoms with Crippen LogP contribution in [0.5, 0.6) is 0 Å². The number of nitrogens with zero attached hydrogens (tertiary/aromatic N) is 7. The van der Waals surface area contributed by atoms with Gasteiger partial charge in [0.05, 0.1) is 18.0 Å². The third kappa shape index (κ3) is 6.29. The molecule has 2 amide bonds. The number of allylic oxidation sites excluding steroid dienone is 1. The Morgan fingerprint density at radius 3 is 2.54 bits per heavy atom. The highest BCUT2D eigenvalue weighted by atomic mass is 16.2. The summed E-state index contributed by atoms with van der Waals surface area (Å²) >= 11 is 0. The molecule has 52 heavy (non-hydrogen) atoms. The van der Waals surface area contributed by atoms with E-state index in [1.807, 2.05) is 11.0 Å². The molecule has 1 saturated heterocycles. The van der Waals surface area contributed by atoms with Crippen LogP contribution in [0.3, 0.4) is 0 Å². The first-order valence-electron chi connectivity index (χ1n) is 18.9. The van der Waals surface area contributed by atoms with E-state index in [0.29, 0.717) is 41.5 Å². The van der Waals surface area contributed by atoms with E-state index < -0.39 is 5.41 Å². The molecule has 2 N–H and O–H groups in total. The summed E-state index contributed by atoms with van der Waals surface area (Å²) in [5, 5.41) is 30.2. The highest BCUT2D eigenvalue weighted by molar-refractivity contribution is 5.94. The number of aromatic nitrogens is 4. The summed E-state index contributed by atoms with van der Waals surface area (Å²) in [5.41, 5.74) is 5.64. The fraction of sp³-hybridized carbons (Fsp3) is 0.561. The molecule has 9 atom stereocenters. The first kappa shape index (κ1) is 35.8. The highest BCUT2D eigenvalue weighted by Gasteiger charge is 2.60. The highest BCUT2D eigenvalue weighted by Crippen LogP contribution is 2.57. The average Bonchev–Trinajstić information content (AvgIpc) is 3.48. The van der Waals surface area contributed by atoms with Crippen LogP contribution >= 0.6 is 0 Å². The van der Waals surface area contributed by atoms with Gasteiger partial charge in [-0.15, -0.1) is 10.2 Å². The Morgan fingerprint density at radius 1 is 1.10 bits per heavy atom. The quantitative estimate of drug-likeness (QED) is 0.301. The van der Waals surface area contributed by atoms with Crippen molar-refractivity contribution in [3.63, 3.8) is 0 Å². The molecule has 3 aromatic rings. The van der Waals surface area contributed by atoms with Crippen molar-refractivity contribution in [3.8, 4) is 6.07 Å². The molecule has 2 heterocycles. The van der Waals surface area contributed by atoms with Crippen LogP contribution in [0, 0.1) is 47.8 Å². The van der Waals surface area contributed by atoms with Crippen molar-refractivity contribution < 1.29 is 9.59 Å². The van der Waals surface area contributed by atoms with Gasteiger partial charge in [-0.05, 0) is 110 Å². The molecular weight excluding hydrogens is 651 g/mol. The van der Waals surface area contributed by atoms with Crippen LogP contribution in [0.15, 0.2) is 54.7 Å². The van der Waals surface area contributed by atoms with Gasteiger partial charge >= 0.3 is 0 Å². The molecule has 274 valence electrons. The van der Waals surface area contributed by atoms with Gasteiger partial charge < -0.3 is 20.0 Å². The number of hydrogen-bond donors (Lipinski definition) is 2. The number of amides is 2. The van der Waals surface area contributed by atoms with E-state index in [0.717, 1.165) is 66.5 Å². The number of piperidine rings is 1. The minimum Gasteiger partial charge on any atom is -0.381 e. The van der Waals surface area contributed by atoms with E-state index >= 15 is 0 Å². The zero-order valence-corrected chi connectivity index (χ0v) is 31.5. The van der Waals surface area contributed by atoms with E-state index in [2.05, 4.69) is 97.6 Å². The van der Waals surface area contributed by atoms with Crippen molar-refractivity contribution in [1.29, 1.82) is 5.26 Å². The minimum absolute atomic E-state index is 0.0252. The van der Waals surface area contributed by atoms with Crippen molar-refractivity contribution in [3.05, 3.63) is 88.4 Å². The number of aromatic amines is 1. The van der Waals surface area contributed by atoms with Crippen molar-refractivity contribution in [2.24, 2.45) is 29.6 Å². The van der Waals surface area contributed by atoms with Crippen LogP contribution in [-0.2, 0) is 16.6 Å². The molecule has 11 heteroatoms. The SMILES string of the molecule is C=C(C1CCC2[C@@H](CCc3cc(C(=O)N(C)C)ccc3C2(C[C@@H](NCC(=O)N2C(C#N)C[C@@H]3[C@H](C)[C@@H]32)c2ccc(C)cc2)c2nn[nH]n2)C1)N(C)C. The van der Waals surface area contributed by atoms with Gasteiger partial charge in [0, 0.05) is 51.5 Å². The Bertz CT molecular complexity index is 1850. The van der Waals surface area contributed by atoms with Gasteiger partial charge in [-0.2, -0.15) is 10.5 Å². The molecule has 1 aliphatic heterocycles. The van der Waals surface area contributed by atoms with Gasteiger partial charge in [0.15, 0.2) is 5.82 Å². The van der Waals surface area contributed by atoms with E-state index in [1.165, 1.54) is 0 Å². The molecule has 1 aromatic heterocycles. The maximum absolute atomic E-state index is 14.0. The largest absolute Gasteiger partial charge is 0.381 e. The summed E-state index contributed by atoms with van der Waals surface area (Å²) in [6, 6.07) is 16.7. The number of hydrogen-bond acceptors (Lipinski definition) is 8. The van der Waals surface area contributed by atoms with E-state index in [4.69, 9.17) is 10.2 Å². The Kier molecular flexibility index (Phi) is 9.72. The zero-order chi connectivity index (χ0) is 36.9. The number of carbonyl (C=O) groups excluding carboxylic acids is 2. The van der Waals surface area contributed by atoms with E-state index in [9.17, 15) is 14.9 Å². The van der Waals surface area contributed by atoms with Gasteiger partial charge in [0.2, 0.25) is 5.91 Å². The molecule has 7 rings (SSSR count). The molecule has 0 spiro atoms. The lowest BCUT2D eigenvalue weighted by Gasteiger charge is -2.48. The number of fused-ring (bicyclic) bond motifs is 3.